The van der Waals surface area contributed by atoms with Crippen LogP contribution in [0.25, 0.3) is 0 Å². The van der Waals surface area contributed by atoms with Crippen LogP contribution < -0.4 is 4.90 Å². The van der Waals surface area contributed by atoms with Crippen LogP contribution >= 0.6 is 0 Å². The van der Waals surface area contributed by atoms with E-state index < -0.39 is 0 Å². The third kappa shape index (κ3) is 4.89. The summed E-state index contributed by atoms with van der Waals surface area (Å²) in [6.45, 7) is 12.8. The second-order valence-electron chi connectivity index (χ2n) is 7.28. The zero-order chi connectivity index (χ0) is 19.2. The predicted molar refractivity (Wildman–Crippen MR) is 112 cm³/mol. The molecular weight excluding hydrogens is 334 g/mol. The molecule has 0 atom stereocenters. The van der Waals surface area contributed by atoms with Gasteiger partial charge < -0.3 is 9.80 Å². The van der Waals surface area contributed by atoms with E-state index >= 15 is 0 Å². The first-order valence-electron chi connectivity index (χ1n) is 10.0. The number of rotatable bonds is 6. The summed E-state index contributed by atoms with van der Waals surface area (Å²) >= 11 is 0. The highest BCUT2D eigenvalue weighted by atomic mass is 16.2. The van der Waals surface area contributed by atoms with Crippen molar-refractivity contribution < 1.29 is 4.79 Å². The van der Waals surface area contributed by atoms with Crippen LogP contribution in [0.1, 0.15) is 35.3 Å². The molecule has 27 heavy (non-hydrogen) atoms. The summed E-state index contributed by atoms with van der Waals surface area (Å²) < 4.78 is 0. The van der Waals surface area contributed by atoms with Crippen molar-refractivity contribution >= 4 is 11.6 Å². The first-order valence-corrected chi connectivity index (χ1v) is 10.0. The molecule has 1 aliphatic heterocycles. The third-order valence-corrected chi connectivity index (χ3v) is 5.44. The number of piperazine rings is 1. The lowest BCUT2D eigenvalue weighted by molar-refractivity contribution is 0.0746. The van der Waals surface area contributed by atoms with Gasteiger partial charge >= 0.3 is 0 Å². The number of amides is 1. The van der Waals surface area contributed by atoms with Crippen molar-refractivity contribution in [3.05, 3.63) is 65.2 Å². The Morgan fingerprint density at radius 1 is 0.963 bits per heavy atom. The molecule has 0 spiro atoms. The van der Waals surface area contributed by atoms with Gasteiger partial charge in [0.05, 0.1) is 0 Å². The Balaban J connectivity index is 1.57. The number of benzene rings is 2. The van der Waals surface area contributed by atoms with Gasteiger partial charge in [0.25, 0.3) is 5.91 Å². The number of aryl methyl sites for hydroxylation is 1. The molecule has 2 aromatic rings. The van der Waals surface area contributed by atoms with Crippen molar-refractivity contribution in [3.63, 3.8) is 0 Å². The number of hydrogen-bond donors (Lipinski definition) is 0. The maximum Gasteiger partial charge on any atom is 0.253 e. The summed E-state index contributed by atoms with van der Waals surface area (Å²) in [6.07, 6.45) is 0. The lowest BCUT2D eigenvalue weighted by atomic mass is 10.1. The molecule has 0 aliphatic carbocycles. The van der Waals surface area contributed by atoms with Gasteiger partial charge in [-0.2, -0.15) is 0 Å². The summed E-state index contributed by atoms with van der Waals surface area (Å²) in [5, 5.41) is 0. The normalized spacial score (nSPS) is 14.7. The summed E-state index contributed by atoms with van der Waals surface area (Å²) in [6, 6.07) is 16.7. The molecule has 144 valence electrons. The number of hydrogen-bond acceptors (Lipinski definition) is 3. The molecule has 3 rings (SSSR count). The molecule has 1 heterocycles. The molecule has 2 aromatic carbocycles. The van der Waals surface area contributed by atoms with Gasteiger partial charge in [0.1, 0.15) is 0 Å². The van der Waals surface area contributed by atoms with Crippen LogP contribution in [0.4, 0.5) is 5.69 Å². The molecule has 1 amide bonds. The van der Waals surface area contributed by atoms with Crippen LogP contribution in [0.5, 0.6) is 0 Å². The molecule has 0 aromatic heterocycles. The SMILES string of the molecule is CCN(CC)Cc1ccc(C(=O)N2CCN(c3cccc(C)c3)CC2)cc1. The van der Waals surface area contributed by atoms with E-state index in [9.17, 15) is 4.79 Å². The molecule has 4 nitrogen and oxygen atoms in total. The van der Waals surface area contributed by atoms with Crippen LogP contribution in [-0.4, -0.2) is 55.0 Å². The van der Waals surface area contributed by atoms with Crippen molar-refractivity contribution in [2.75, 3.05) is 44.2 Å². The maximum atomic E-state index is 12.8. The van der Waals surface area contributed by atoms with Gasteiger partial charge in [0.15, 0.2) is 0 Å². The van der Waals surface area contributed by atoms with E-state index in [0.29, 0.717) is 0 Å². The first kappa shape index (κ1) is 19.4. The minimum Gasteiger partial charge on any atom is -0.368 e. The van der Waals surface area contributed by atoms with Crippen molar-refractivity contribution in [2.24, 2.45) is 0 Å². The first-order chi connectivity index (χ1) is 13.1. The van der Waals surface area contributed by atoms with Crippen LogP contribution in [0.15, 0.2) is 48.5 Å². The molecule has 0 bridgehead atoms. The Morgan fingerprint density at radius 2 is 1.63 bits per heavy atom. The smallest absolute Gasteiger partial charge is 0.253 e. The van der Waals surface area contributed by atoms with Crippen molar-refractivity contribution in [2.45, 2.75) is 27.3 Å². The molecule has 0 unspecified atom stereocenters. The van der Waals surface area contributed by atoms with Crippen LogP contribution in [-0.2, 0) is 6.54 Å². The fraction of sp³-hybridized carbons (Fsp3) is 0.435. The number of nitrogens with zero attached hydrogens (tertiary/aromatic N) is 3. The van der Waals surface area contributed by atoms with Gasteiger partial charge in [0, 0.05) is 44.0 Å². The molecule has 0 radical (unpaired) electrons. The fourth-order valence-electron chi connectivity index (χ4n) is 3.63. The summed E-state index contributed by atoms with van der Waals surface area (Å²) in [5.41, 5.74) is 4.58. The monoisotopic (exact) mass is 365 g/mol. The third-order valence-electron chi connectivity index (χ3n) is 5.44. The van der Waals surface area contributed by atoms with Gasteiger partial charge in [-0.15, -0.1) is 0 Å². The average molecular weight is 366 g/mol. The Hall–Kier alpha value is -2.33. The molecule has 1 fully saturated rings. The summed E-state index contributed by atoms with van der Waals surface area (Å²) in [4.78, 5) is 19.6. The van der Waals surface area contributed by atoms with E-state index in [-0.39, 0.29) is 5.91 Å². The Kier molecular flexibility index (Phi) is 6.51. The molecule has 1 aliphatic rings. The highest BCUT2D eigenvalue weighted by Gasteiger charge is 2.22. The standard InChI is InChI=1S/C23H31N3O/c1-4-24(5-2)18-20-9-11-21(12-10-20)23(27)26-15-13-25(14-16-26)22-8-6-7-19(3)17-22/h6-12,17H,4-5,13-16,18H2,1-3H3. The molecule has 0 saturated carbocycles. The van der Waals surface area contributed by atoms with Gasteiger partial charge in [0.2, 0.25) is 0 Å². The van der Waals surface area contributed by atoms with E-state index in [1.165, 1.54) is 16.8 Å². The highest BCUT2D eigenvalue weighted by Crippen LogP contribution is 2.19. The van der Waals surface area contributed by atoms with Crippen molar-refractivity contribution in [1.82, 2.24) is 9.80 Å². The van der Waals surface area contributed by atoms with Crippen LogP contribution in [0.2, 0.25) is 0 Å². The summed E-state index contributed by atoms with van der Waals surface area (Å²) in [7, 11) is 0. The minimum atomic E-state index is 0.147. The number of carbonyl (C=O) groups is 1. The Bertz CT molecular complexity index is 744. The van der Waals surface area contributed by atoms with Gasteiger partial charge in [-0.3, -0.25) is 9.69 Å². The number of carbonyl (C=O) groups excluding carboxylic acids is 1. The zero-order valence-corrected chi connectivity index (χ0v) is 16.8. The minimum absolute atomic E-state index is 0.147. The molecule has 0 N–H and O–H groups in total. The van der Waals surface area contributed by atoms with Gasteiger partial charge in [-0.05, 0) is 55.4 Å². The topological polar surface area (TPSA) is 26.8 Å². The van der Waals surface area contributed by atoms with Gasteiger partial charge in [-0.25, -0.2) is 0 Å². The van der Waals surface area contributed by atoms with Crippen LogP contribution in [0, 0.1) is 6.92 Å². The molecule has 1 saturated heterocycles. The quantitative estimate of drug-likeness (QED) is 0.779. The van der Waals surface area contributed by atoms with Crippen molar-refractivity contribution in [1.29, 1.82) is 0 Å². The Morgan fingerprint density at radius 3 is 2.22 bits per heavy atom. The largest absolute Gasteiger partial charge is 0.368 e. The maximum absolute atomic E-state index is 12.8. The molecule has 4 heteroatoms. The predicted octanol–water partition coefficient (Wildman–Crippen LogP) is 3.80. The lowest BCUT2D eigenvalue weighted by Crippen LogP contribution is -2.48. The van der Waals surface area contributed by atoms with E-state index in [1.54, 1.807) is 0 Å². The van der Waals surface area contributed by atoms with Crippen molar-refractivity contribution in [3.8, 4) is 0 Å². The zero-order valence-electron chi connectivity index (χ0n) is 16.8. The highest BCUT2D eigenvalue weighted by molar-refractivity contribution is 5.94. The van der Waals surface area contributed by atoms with Crippen LogP contribution in [0.3, 0.4) is 0 Å². The van der Waals surface area contributed by atoms with Gasteiger partial charge in [-0.1, -0.05) is 38.1 Å². The van der Waals surface area contributed by atoms with E-state index in [4.69, 9.17) is 0 Å². The number of anilines is 1. The average Bonchev–Trinajstić information content (AvgIpc) is 2.72. The Labute approximate surface area is 163 Å². The van der Waals surface area contributed by atoms with E-state index in [2.05, 4.69) is 67.0 Å². The van der Waals surface area contributed by atoms with E-state index in [0.717, 1.165) is 51.4 Å². The van der Waals surface area contributed by atoms with E-state index in [1.807, 2.05) is 17.0 Å². The second kappa shape index (κ2) is 9.05. The lowest BCUT2D eigenvalue weighted by Gasteiger charge is -2.36. The summed E-state index contributed by atoms with van der Waals surface area (Å²) in [5.74, 6) is 0.147. The molecular formula is C23H31N3O. The fourth-order valence-corrected chi connectivity index (χ4v) is 3.63. The second-order valence-corrected chi connectivity index (χ2v) is 7.28.